The molecule has 3 aromatic rings. The molecule has 0 saturated heterocycles. The summed E-state index contributed by atoms with van der Waals surface area (Å²) in [4.78, 5) is 4.58. The van der Waals surface area contributed by atoms with Gasteiger partial charge >= 0.3 is 0 Å². The molecule has 0 fully saturated rings. The summed E-state index contributed by atoms with van der Waals surface area (Å²) in [5.41, 5.74) is 3.98. The lowest BCUT2D eigenvalue weighted by Gasteiger charge is -1.98. The highest BCUT2D eigenvalue weighted by atomic mass is 127. The van der Waals surface area contributed by atoms with E-state index in [1.54, 1.807) is 0 Å². The minimum absolute atomic E-state index is 0. The molecule has 18 heavy (non-hydrogen) atoms. The van der Waals surface area contributed by atoms with E-state index < -0.39 is 0 Å². The monoisotopic (exact) mass is 369 g/mol. The summed E-state index contributed by atoms with van der Waals surface area (Å²) in [5, 5.41) is 0.730. The van der Waals surface area contributed by atoms with Gasteiger partial charge in [-0.3, -0.25) is 0 Å². The molecule has 2 heterocycles. The molecule has 1 aromatic carbocycles. The highest BCUT2D eigenvalue weighted by Crippen LogP contribution is 2.27. The average Bonchev–Trinajstić information content (AvgIpc) is 2.75. The molecule has 0 radical (unpaired) electrons. The molecule has 3 rings (SSSR count). The summed E-state index contributed by atoms with van der Waals surface area (Å²) in [7, 11) is 0. The molecule has 0 aliphatic rings. The minimum atomic E-state index is 0. The molecule has 2 aromatic heterocycles. The van der Waals surface area contributed by atoms with E-state index in [9.17, 15) is 0 Å². The van der Waals surface area contributed by atoms with Crippen LogP contribution >= 0.6 is 11.6 Å². The van der Waals surface area contributed by atoms with Crippen LogP contribution in [0.4, 0.5) is 0 Å². The van der Waals surface area contributed by atoms with Crippen LogP contribution in [0.25, 0.3) is 16.9 Å². The van der Waals surface area contributed by atoms with E-state index in [0.717, 1.165) is 27.6 Å². The molecular formula is C14H11ClIN2-. The second-order valence-electron chi connectivity index (χ2n) is 4.00. The number of imidazole rings is 1. The molecule has 0 bridgehead atoms. The number of hydrogen-bond acceptors (Lipinski definition) is 1. The van der Waals surface area contributed by atoms with E-state index in [2.05, 4.69) is 22.4 Å². The fourth-order valence-corrected chi connectivity index (χ4v) is 2.18. The van der Waals surface area contributed by atoms with E-state index in [1.165, 1.54) is 0 Å². The zero-order valence-electron chi connectivity index (χ0n) is 9.77. The first-order valence-electron chi connectivity index (χ1n) is 5.45. The standard InChI is InChI=1S/C14H11ClN2.HI/c1-10-5-4-8-14-16-13(9-17(10)14)11-6-2-3-7-12(11)15;/h2-9H,1H3;1H/p-1. The van der Waals surface area contributed by atoms with E-state index in [1.807, 2.05) is 42.6 Å². The maximum Gasteiger partial charge on any atom is 0.137 e. The molecular weight excluding hydrogens is 359 g/mol. The predicted molar refractivity (Wildman–Crippen MR) is 70.4 cm³/mol. The summed E-state index contributed by atoms with van der Waals surface area (Å²) in [6.07, 6.45) is 2.02. The number of pyridine rings is 1. The Morgan fingerprint density at radius 1 is 1.06 bits per heavy atom. The van der Waals surface area contributed by atoms with Gasteiger partial charge in [0.25, 0.3) is 0 Å². The Morgan fingerprint density at radius 2 is 1.83 bits per heavy atom. The second-order valence-corrected chi connectivity index (χ2v) is 4.41. The van der Waals surface area contributed by atoms with Crippen molar-refractivity contribution >= 4 is 17.2 Å². The van der Waals surface area contributed by atoms with Crippen molar-refractivity contribution < 1.29 is 24.0 Å². The third-order valence-electron chi connectivity index (χ3n) is 2.85. The molecule has 0 N–H and O–H groups in total. The topological polar surface area (TPSA) is 17.3 Å². The molecule has 4 heteroatoms. The van der Waals surface area contributed by atoms with Gasteiger partial charge in [0.1, 0.15) is 5.65 Å². The lowest BCUT2D eigenvalue weighted by atomic mass is 10.2. The number of benzene rings is 1. The molecule has 0 unspecified atom stereocenters. The number of aromatic nitrogens is 2. The Kier molecular flexibility index (Phi) is 3.92. The highest BCUT2D eigenvalue weighted by molar-refractivity contribution is 6.33. The number of nitrogens with zero attached hydrogens (tertiary/aromatic N) is 2. The lowest BCUT2D eigenvalue weighted by molar-refractivity contribution is -0.00000345. The molecule has 0 saturated carbocycles. The van der Waals surface area contributed by atoms with Crippen molar-refractivity contribution in [2.75, 3.05) is 0 Å². The molecule has 0 aliphatic carbocycles. The third kappa shape index (κ3) is 2.24. The first-order valence-corrected chi connectivity index (χ1v) is 5.83. The number of rotatable bonds is 1. The summed E-state index contributed by atoms with van der Waals surface area (Å²) in [5.74, 6) is 0. The van der Waals surface area contributed by atoms with Crippen molar-refractivity contribution in [3.63, 3.8) is 0 Å². The molecule has 0 atom stereocenters. The first-order chi connectivity index (χ1) is 8.25. The van der Waals surface area contributed by atoms with Crippen LogP contribution in [0.2, 0.25) is 5.02 Å². The Labute approximate surface area is 128 Å². The zero-order chi connectivity index (χ0) is 11.8. The van der Waals surface area contributed by atoms with Gasteiger partial charge in [0.15, 0.2) is 0 Å². The summed E-state index contributed by atoms with van der Waals surface area (Å²) < 4.78 is 2.07. The van der Waals surface area contributed by atoms with Crippen molar-refractivity contribution in [2.24, 2.45) is 0 Å². The molecule has 0 amide bonds. The van der Waals surface area contributed by atoms with Gasteiger partial charge in [-0.05, 0) is 25.1 Å². The van der Waals surface area contributed by atoms with Crippen molar-refractivity contribution in [3.8, 4) is 11.3 Å². The maximum atomic E-state index is 6.18. The van der Waals surface area contributed by atoms with Gasteiger partial charge in [-0.25, -0.2) is 4.98 Å². The van der Waals surface area contributed by atoms with Gasteiger partial charge in [0, 0.05) is 17.5 Å². The summed E-state index contributed by atoms with van der Waals surface area (Å²) in [6, 6.07) is 13.8. The van der Waals surface area contributed by atoms with Crippen LogP contribution in [0.15, 0.2) is 48.7 Å². The second kappa shape index (κ2) is 5.28. The number of halogens is 2. The van der Waals surface area contributed by atoms with Crippen LogP contribution in [0, 0.1) is 6.92 Å². The molecule has 0 spiro atoms. The number of aryl methyl sites for hydroxylation is 1. The predicted octanol–water partition coefficient (Wildman–Crippen LogP) is 0.967. The van der Waals surface area contributed by atoms with E-state index in [4.69, 9.17) is 11.6 Å². The minimum Gasteiger partial charge on any atom is -1.00 e. The fourth-order valence-electron chi connectivity index (χ4n) is 1.95. The van der Waals surface area contributed by atoms with Crippen LogP contribution in [0.1, 0.15) is 5.69 Å². The Hall–Kier alpha value is -1.07. The number of fused-ring (bicyclic) bond motifs is 1. The van der Waals surface area contributed by atoms with E-state index in [-0.39, 0.29) is 24.0 Å². The summed E-state index contributed by atoms with van der Waals surface area (Å²) in [6.45, 7) is 2.06. The van der Waals surface area contributed by atoms with Crippen molar-refractivity contribution in [2.45, 2.75) is 6.92 Å². The quantitative estimate of drug-likeness (QED) is 0.584. The SMILES string of the molecule is Cc1cccc2nc(-c3ccccc3Cl)cn12.[I-]. The van der Waals surface area contributed by atoms with E-state index >= 15 is 0 Å². The lowest BCUT2D eigenvalue weighted by Crippen LogP contribution is -3.00. The van der Waals surface area contributed by atoms with Gasteiger partial charge in [0.2, 0.25) is 0 Å². The van der Waals surface area contributed by atoms with Gasteiger partial charge in [-0.2, -0.15) is 0 Å². The van der Waals surface area contributed by atoms with Crippen molar-refractivity contribution in [3.05, 3.63) is 59.4 Å². The highest BCUT2D eigenvalue weighted by Gasteiger charge is 2.07. The molecule has 2 nitrogen and oxygen atoms in total. The Morgan fingerprint density at radius 3 is 2.56 bits per heavy atom. The van der Waals surface area contributed by atoms with E-state index in [0.29, 0.717) is 0 Å². The smallest absolute Gasteiger partial charge is 0.137 e. The number of hydrogen-bond donors (Lipinski definition) is 0. The van der Waals surface area contributed by atoms with Crippen LogP contribution in [-0.4, -0.2) is 9.38 Å². The van der Waals surface area contributed by atoms with Gasteiger partial charge in [0.05, 0.1) is 10.7 Å². The zero-order valence-corrected chi connectivity index (χ0v) is 12.7. The normalized spacial score (nSPS) is 10.3. The Bertz CT molecular complexity index is 691. The Balaban J connectivity index is 0.00000120. The molecule has 92 valence electrons. The van der Waals surface area contributed by atoms with Gasteiger partial charge in [-0.1, -0.05) is 35.9 Å². The summed E-state index contributed by atoms with van der Waals surface area (Å²) >= 11 is 6.18. The molecule has 0 aliphatic heterocycles. The van der Waals surface area contributed by atoms with Crippen LogP contribution in [0.3, 0.4) is 0 Å². The van der Waals surface area contributed by atoms with Crippen LogP contribution in [0.5, 0.6) is 0 Å². The fraction of sp³-hybridized carbons (Fsp3) is 0.0714. The van der Waals surface area contributed by atoms with Gasteiger partial charge in [-0.15, -0.1) is 0 Å². The van der Waals surface area contributed by atoms with Crippen LogP contribution in [-0.2, 0) is 0 Å². The van der Waals surface area contributed by atoms with Crippen molar-refractivity contribution in [1.29, 1.82) is 0 Å². The van der Waals surface area contributed by atoms with Crippen molar-refractivity contribution in [1.82, 2.24) is 9.38 Å². The first kappa shape index (κ1) is 13.4. The third-order valence-corrected chi connectivity index (χ3v) is 3.18. The maximum absolute atomic E-state index is 6.18. The average molecular weight is 370 g/mol. The largest absolute Gasteiger partial charge is 1.00 e. The van der Waals surface area contributed by atoms with Gasteiger partial charge < -0.3 is 28.4 Å². The van der Waals surface area contributed by atoms with Crippen LogP contribution < -0.4 is 24.0 Å².